The molecule has 1 aliphatic heterocycles. The number of hydrogen-bond acceptors (Lipinski definition) is 1. The van der Waals surface area contributed by atoms with Crippen LogP contribution in [0.1, 0.15) is 37.5 Å². The van der Waals surface area contributed by atoms with Crippen LogP contribution in [0.2, 0.25) is 0 Å². The molecular weight excluding hydrogens is 368 g/mol. The Bertz CT molecular complexity index is 1400. The molecule has 0 radical (unpaired) electrons. The Hall–Kier alpha value is -3.38. The molecule has 0 unspecified atom stereocenters. The van der Waals surface area contributed by atoms with Crippen LogP contribution in [0.4, 0.5) is 0 Å². The Morgan fingerprint density at radius 2 is 1.80 bits per heavy atom. The molecule has 2 heterocycles. The minimum absolute atomic E-state index is 0.0878. The highest BCUT2D eigenvalue weighted by atomic mass is 16.5. The van der Waals surface area contributed by atoms with Crippen molar-refractivity contribution in [2.24, 2.45) is 7.05 Å². The largest absolute Gasteiger partial charge is 0.455 e. The standard InChI is InChI=1S/C27H25N2O/c1-16-19-9-7-8-10-20(19)24(27(2,3)4)26-22(16)25-23-18(11-12-29(25)6)13-17(15-28-5)14-21(23)30-26/h7-14H,15H2,1-4,6H3/q+1. The van der Waals surface area contributed by atoms with E-state index in [1.54, 1.807) is 0 Å². The summed E-state index contributed by atoms with van der Waals surface area (Å²) >= 11 is 0. The summed E-state index contributed by atoms with van der Waals surface area (Å²) in [6, 6.07) is 14.9. The summed E-state index contributed by atoms with van der Waals surface area (Å²) in [5, 5.41) is 4.76. The van der Waals surface area contributed by atoms with Crippen LogP contribution < -0.4 is 9.30 Å². The zero-order valence-corrected chi connectivity index (χ0v) is 18.1. The van der Waals surface area contributed by atoms with Crippen molar-refractivity contribution in [2.45, 2.75) is 39.7 Å². The summed E-state index contributed by atoms with van der Waals surface area (Å²) in [6.07, 6.45) is 2.11. The highest BCUT2D eigenvalue weighted by Gasteiger charge is 2.35. The molecule has 0 saturated heterocycles. The van der Waals surface area contributed by atoms with E-state index in [1.807, 2.05) is 6.07 Å². The average Bonchev–Trinajstić information content (AvgIpc) is 2.69. The predicted molar refractivity (Wildman–Crippen MR) is 122 cm³/mol. The zero-order valence-electron chi connectivity index (χ0n) is 18.1. The van der Waals surface area contributed by atoms with Crippen molar-refractivity contribution in [1.82, 2.24) is 0 Å². The van der Waals surface area contributed by atoms with Crippen LogP contribution in [0.15, 0.2) is 48.7 Å². The van der Waals surface area contributed by atoms with E-state index in [0.717, 1.165) is 27.8 Å². The molecular formula is C27H25N2O+. The summed E-state index contributed by atoms with van der Waals surface area (Å²) in [4.78, 5) is 3.59. The Morgan fingerprint density at radius 3 is 2.50 bits per heavy atom. The quantitative estimate of drug-likeness (QED) is 0.231. The third-order valence-electron chi connectivity index (χ3n) is 6.15. The van der Waals surface area contributed by atoms with Crippen LogP contribution in [-0.2, 0) is 19.0 Å². The summed E-state index contributed by atoms with van der Waals surface area (Å²) in [5.74, 6) is 1.80. The summed E-state index contributed by atoms with van der Waals surface area (Å²) in [6.45, 7) is 16.6. The van der Waals surface area contributed by atoms with Gasteiger partial charge in [0.25, 0.3) is 0 Å². The molecule has 3 heteroatoms. The van der Waals surface area contributed by atoms with Crippen molar-refractivity contribution >= 4 is 21.5 Å². The lowest BCUT2D eigenvalue weighted by Gasteiger charge is -2.30. The topological polar surface area (TPSA) is 17.5 Å². The van der Waals surface area contributed by atoms with Gasteiger partial charge in [-0.25, -0.2) is 11.1 Å². The van der Waals surface area contributed by atoms with Crippen LogP contribution in [-0.4, -0.2) is 0 Å². The van der Waals surface area contributed by atoms with E-state index in [2.05, 4.69) is 86.7 Å². The SMILES string of the molecule is [C-]#[N+]Cc1cc2c3c([n+](C)ccc3c1)-c1c(c(C(C)(C)C)c3ccccc3c1C)O2. The van der Waals surface area contributed by atoms with Gasteiger partial charge in [0, 0.05) is 17.2 Å². The van der Waals surface area contributed by atoms with Crippen LogP contribution >= 0.6 is 0 Å². The van der Waals surface area contributed by atoms with Crippen molar-refractivity contribution in [1.29, 1.82) is 0 Å². The molecule has 148 valence electrons. The number of ether oxygens (including phenoxy) is 1. The highest BCUT2D eigenvalue weighted by Crippen LogP contribution is 2.53. The van der Waals surface area contributed by atoms with Gasteiger partial charge < -0.3 is 9.58 Å². The molecule has 0 spiro atoms. The lowest BCUT2D eigenvalue weighted by molar-refractivity contribution is -0.659. The van der Waals surface area contributed by atoms with E-state index in [1.165, 1.54) is 33.2 Å². The second-order valence-corrected chi connectivity index (χ2v) is 9.25. The van der Waals surface area contributed by atoms with Crippen LogP contribution in [0.3, 0.4) is 0 Å². The van der Waals surface area contributed by atoms with E-state index in [4.69, 9.17) is 11.3 Å². The lowest BCUT2D eigenvalue weighted by atomic mass is 9.78. The Morgan fingerprint density at radius 1 is 1.07 bits per heavy atom. The monoisotopic (exact) mass is 393 g/mol. The normalized spacial score (nSPS) is 12.5. The maximum Gasteiger partial charge on any atom is 0.239 e. The molecule has 3 nitrogen and oxygen atoms in total. The van der Waals surface area contributed by atoms with E-state index in [-0.39, 0.29) is 5.41 Å². The minimum Gasteiger partial charge on any atom is -0.455 e. The third kappa shape index (κ3) is 2.53. The molecule has 4 aromatic rings. The first-order valence-corrected chi connectivity index (χ1v) is 10.3. The van der Waals surface area contributed by atoms with Gasteiger partial charge in [0.1, 0.15) is 18.5 Å². The number of aryl methyl sites for hydroxylation is 2. The zero-order chi connectivity index (χ0) is 21.2. The van der Waals surface area contributed by atoms with E-state index in [0.29, 0.717) is 6.54 Å². The van der Waals surface area contributed by atoms with Crippen LogP contribution in [0, 0.1) is 13.5 Å². The Kier molecular flexibility index (Phi) is 3.92. The maximum absolute atomic E-state index is 7.30. The Balaban J connectivity index is 2.00. The second kappa shape index (κ2) is 6.31. The molecule has 30 heavy (non-hydrogen) atoms. The van der Waals surface area contributed by atoms with Gasteiger partial charge in [-0.2, -0.15) is 0 Å². The average molecular weight is 394 g/mol. The number of rotatable bonds is 1. The first-order valence-electron chi connectivity index (χ1n) is 10.3. The molecule has 0 aliphatic carbocycles. The molecule has 3 aromatic carbocycles. The first-order chi connectivity index (χ1) is 14.3. The molecule has 1 aliphatic rings. The molecule has 0 amide bonds. The van der Waals surface area contributed by atoms with Gasteiger partial charge in [0.05, 0.1) is 10.9 Å². The van der Waals surface area contributed by atoms with Crippen molar-refractivity contribution < 1.29 is 9.30 Å². The molecule has 0 atom stereocenters. The van der Waals surface area contributed by atoms with E-state index < -0.39 is 0 Å². The molecule has 0 bridgehead atoms. The van der Waals surface area contributed by atoms with Crippen molar-refractivity contribution in [2.75, 3.05) is 0 Å². The van der Waals surface area contributed by atoms with Gasteiger partial charge in [-0.05, 0) is 46.2 Å². The van der Waals surface area contributed by atoms with Gasteiger partial charge in [-0.15, -0.1) is 0 Å². The molecule has 1 aromatic heterocycles. The van der Waals surface area contributed by atoms with Crippen molar-refractivity contribution in [3.05, 3.63) is 76.8 Å². The van der Waals surface area contributed by atoms with Gasteiger partial charge in [0.15, 0.2) is 6.20 Å². The Labute approximate surface area is 177 Å². The highest BCUT2D eigenvalue weighted by molar-refractivity contribution is 6.07. The number of benzene rings is 3. The second-order valence-electron chi connectivity index (χ2n) is 9.25. The van der Waals surface area contributed by atoms with E-state index >= 15 is 0 Å². The van der Waals surface area contributed by atoms with Crippen LogP contribution in [0.5, 0.6) is 11.5 Å². The summed E-state index contributed by atoms with van der Waals surface area (Å²) in [5.41, 5.74) is 5.74. The third-order valence-corrected chi connectivity index (χ3v) is 6.15. The fraction of sp³-hybridized carbons (Fsp3) is 0.259. The summed E-state index contributed by atoms with van der Waals surface area (Å²) < 4.78 is 8.93. The number of nitrogens with zero attached hydrogens (tertiary/aromatic N) is 2. The maximum atomic E-state index is 7.30. The molecule has 0 N–H and O–H groups in total. The number of hydrogen-bond donors (Lipinski definition) is 0. The lowest BCUT2D eigenvalue weighted by Crippen LogP contribution is -2.32. The molecule has 5 rings (SSSR count). The van der Waals surface area contributed by atoms with Gasteiger partial charge in [0.2, 0.25) is 12.2 Å². The number of aromatic nitrogens is 1. The number of fused-ring (bicyclic) bond motifs is 3. The smallest absolute Gasteiger partial charge is 0.239 e. The summed E-state index contributed by atoms with van der Waals surface area (Å²) in [7, 11) is 2.10. The predicted octanol–water partition coefficient (Wildman–Crippen LogP) is 6.62. The van der Waals surface area contributed by atoms with Crippen molar-refractivity contribution in [3.8, 4) is 22.8 Å². The fourth-order valence-electron chi connectivity index (χ4n) is 4.91. The number of pyridine rings is 1. The van der Waals surface area contributed by atoms with Crippen LogP contribution in [0.25, 0.3) is 37.6 Å². The van der Waals surface area contributed by atoms with Crippen molar-refractivity contribution in [3.63, 3.8) is 0 Å². The van der Waals surface area contributed by atoms with Gasteiger partial charge in [-0.1, -0.05) is 45.0 Å². The first kappa shape index (κ1) is 18.6. The molecule has 0 saturated carbocycles. The molecule has 0 fully saturated rings. The van der Waals surface area contributed by atoms with E-state index in [9.17, 15) is 0 Å². The fourth-order valence-corrected chi connectivity index (χ4v) is 4.91. The van der Waals surface area contributed by atoms with Gasteiger partial charge >= 0.3 is 0 Å². The minimum atomic E-state index is -0.0878. The van der Waals surface area contributed by atoms with Gasteiger partial charge in [-0.3, -0.25) is 0 Å².